The Kier molecular flexibility index (Phi) is 5.66. The fourth-order valence-corrected chi connectivity index (χ4v) is 6.75. The van der Waals surface area contributed by atoms with E-state index in [-0.39, 0.29) is 35.2 Å². The van der Waals surface area contributed by atoms with Gasteiger partial charge in [0.25, 0.3) is 0 Å². The molecule has 10 heteroatoms. The molecule has 0 unspecified atom stereocenters. The van der Waals surface area contributed by atoms with E-state index < -0.39 is 9.84 Å². The van der Waals surface area contributed by atoms with Crippen molar-refractivity contribution in [3.8, 4) is 0 Å². The van der Waals surface area contributed by atoms with Gasteiger partial charge in [0.15, 0.2) is 14.2 Å². The van der Waals surface area contributed by atoms with Gasteiger partial charge in [0.1, 0.15) is 0 Å². The van der Waals surface area contributed by atoms with Crippen LogP contribution < -0.4 is 5.73 Å². The van der Waals surface area contributed by atoms with E-state index >= 15 is 0 Å². The molecule has 0 aromatic carbocycles. The molecule has 134 valence electrons. The molecule has 0 radical (unpaired) electrons. The van der Waals surface area contributed by atoms with E-state index in [1.54, 1.807) is 0 Å². The highest BCUT2D eigenvalue weighted by Crippen LogP contribution is 2.30. The normalized spacial score (nSPS) is 24.1. The number of nitrogens with two attached hydrogens (primary N) is 1. The second-order valence-electron chi connectivity index (χ2n) is 6.34. The van der Waals surface area contributed by atoms with Crippen LogP contribution in [0.2, 0.25) is 0 Å². The highest BCUT2D eigenvalue weighted by molar-refractivity contribution is 8.01. The molecule has 3 rings (SSSR count). The van der Waals surface area contributed by atoms with Crippen molar-refractivity contribution in [1.82, 2.24) is 15.1 Å². The Labute approximate surface area is 150 Å². The van der Waals surface area contributed by atoms with Gasteiger partial charge in [-0.3, -0.25) is 4.79 Å². The van der Waals surface area contributed by atoms with Crippen LogP contribution in [0.3, 0.4) is 0 Å². The molecule has 1 aromatic heterocycles. The lowest BCUT2D eigenvalue weighted by atomic mass is 9.93. The molecule has 1 atom stereocenters. The van der Waals surface area contributed by atoms with Crippen LogP contribution in [0.4, 0.5) is 5.13 Å². The number of nitrogens with zero attached hydrogens (tertiary/aromatic N) is 3. The van der Waals surface area contributed by atoms with E-state index in [4.69, 9.17) is 5.73 Å². The number of carbonyl (C=O) groups excluding carboxylic acids is 1. The van der Waals surface area contributed by atoms with Gasteiger partial charge >= 0.3 is 0 Å². The zero-order valence-electron chi connectivity index (χ0n) is 13.4. The monoisotopic (exact) mass is 390 g/mol. The van der Waals surface area contributed by atoms with E-state index in [2.05, 4.69) is 10.2 Å². The Morgan fingerprint density at radius 3 is 2.54 bits per heavy atom. The number of anilines is 1. The molecular weight excluding hydrogens is 368 g/mol. The summed E-state index contributed by atoms with van der Waals surface area (Å²) in [7, 11) is -3.01. The first-order chi connectivity index (χ1) is 11.4. The second kappa shape index (κ2) is 7.57. The predicted molar refractivity (Wildman–Crippen MR) is 95.8 cm³/mol. The van der Waals surface area contributed by atoms with Crippen LogP contribution in [0.15, 0.2) is 4.34 Å². The lowest BCUT2D eigenvalue weighted by Crippen LogP contribution is -2.49. The molecule has 1 amide bonds. The maximum Gasteiger partial charge on any atom is 0.233 e. The molecule has 0 bridgehead atoms. The van der Waals surface area contributed by atoms with E-state index in [0.29, 0.717) is 15.9 Å². The number of sulfone groups is 1. The Morgan fingerprint density at radius 2 is 1.96 bits per heavy atom. The fourth-order valence-electron chi connectivity index (χ4n) is 3.54. The average molecular weight is 391 g/mol. The number of rotatable bonds is 5. The van der Waals surface area contributed by atoms with Crippen molar-refractivity contribution in [2.24, 2.45) is 0 Å². The van der Waals surface area contributed by atoms with E-state index in [9.17, 15) is 13.2 Å². The number of hydrogen-bond donors (Lipinski definition) is 1. The van der Waals surface area contributed by atoms with Crippen LogP contribution in [0.5, 0.6) is 0 Å². The molecule has 24 heavy (non-hydrogen) atoms. The molecule has 1 aliphatic heterocycles. The molecule has 2 N–H and O–H groups in total. The Hall–Kier alpha value is -0.870. The third-order valence-electron chi connectivity index (χ3n) is 4.60. The SMILES string of the molecule is Nc1nnc(SCC(=O)N(C2CCCCC2)[C@@H]2CCS(=O)(=O)C2)s1. The molecule has 2 aliphatic rings. The van der Waals surface area contributed by atoms with Crippen molar-refractivity contribution in [3.05, 3.63) is 0 Å². The van der Waals surface area contributed by atoms with Gasteiger partial charge in [-0.15, -0.1) is 10.2 Å². The molecule has 7 nitrogen and oxygen atoms in total. The quantitative estimate of drug-likeness (QED) is 0.760. The zero-order valence-corrected chi connectivity index (χ0v) is 15.8. The highest BCUT2D eigenvalue weighted by Gasteiger charge is 2.38. The molecular formula is C14H22N4O3S3. The second-order valence-corrected chi connectivity index (χ2v) is 10.8. The molecule has 1 saturated heterocycles. The summed E-state index contributed by atoms with van der Waals surface area (Å²) in [4.78, 5) is 14.7. The van der Waals surface area contributed by atoms with Gasteiger partial charge in [-0.1, -0.05) is 42.4 Å². The largest absolute Gasteiger partial charge is 0.374 e. The maximum atomic E-state index is 12.9. The summed E-state index contributed by atoms with van der Waals surface area (Å²) in [6, 6.07) is -0.00433. The fraction of sp³-hybridized carbons (Fsp3) is 0.786. The highest BCUT2D eigenvalue weighted by atomic mass is 32.2. The topological polar surface area (TPSA) is 106 Å². The van der Waals surface area contributed by atoms with Gasteiger partial charge in [-0.2, -0.15) is 0 Å². The first-order valence-corrected chi connectivity index (χ1v) is 11.8. The third kappa shape index (κ3) is 4.40. The smallest absolute Gasteiger partial charge is 0.233 e. The zero-order chi connectivity index (χ0) is 17.2. The van der Waals surface area contributed by atoms with Gasteiger partial charge in [-0.25, -0.2) is 8.42 Å². The van der Waals surface area contributed by atoms with Crippen molar-refractivity contribution in [3.63, 3.8) is 0 Å². The van der Waals surface area contributed by atoms with Crippen molar-refractivity contribution in [2.45, 2.75) is 54.9 Å². The minimum atomic E-state index is -3.01. The van der Waals surface area contributed by atoms with E-state index in [1.165, 1.54) is 29.5 Å². The number of nitrogen functional groups attached to an aromatic ring is 1. The number of aromatic nitrogens is 2. The minimum absolute atomic E-state index is 0.00257. The Bertz CT molecular complexity index is 685. The van der Waals surface area contributed by atoms with Crippen molar-refractivity contribution < 1.29 is 13.2 Å². The number of amides is 1. The maximum absolute atomic E-state index is 12.9. The standard InChI is InChI=1S/C14H22N4O3S3/c15-13-16-17-14(23-13)22-8-12(19)18(10-4-2-1-3-5-10)11-6-7-24(20,21)9-11/h10-11H,1-9H2,(H2,15,16)/t11-/m1/s1. The van der Waals surface area contributed by atoms with Crippen molar-refractivity contribution in [1.29, 1.82) is 0 Å². The van der Waals surface area contributed by atoms with Crippen LogP contribution >= 0.6 is 23.1 Å². The third-order valence-corrected chi connectivity index (χ3v) is 8.22. The van der Waals surface area contributed by atoms with Crippen LogP contribution in [0.25, 0.3) is 0 Å². The summed E-state index contributed by atoms with van der Waals surface area (Å²) in [6.45, 7) is 0. The average Bonchev–Trinajstić information content (AvgIpc) is 3.12. The molecule has 1 aliphatic carbocycles. The van der Waals surface area contributed by atoms with Gasteiger partial charge in [0.2, 0.25) is 11.0 Å². The Morgan fingerprint density at radius 1 is 1.21 bits per heavy atom. The predicted octanol–water partition coefficient (Wildman–Crippen LogP) is 1.56. The summed E-state index contributed by atoms with van der Waals surface area (Å²) in [6.07, 6.45) is 5.90. The van der Waals surface area contributed by atoms with Crippen LogP contribution in [-0.2, 0) is 14.6 Å². The van der Waals surface area contributed by atoms with Gasteiger partial charge in [0.05, 0.1) is 17.3 Å². The number of thioether (sulfide) groups is 1. The van der Waals surface area contributed by atoms with E-state index in [0.717, 1.165) is 25.7 Å². The van der Waals surface area contributed by atoms with Gasteiger partial charge in [0, 0.05) is 12.1 Å². The first-order valence-electron chi connectivity index (χ1n) is 8.18. The van der Waals surface area contributed by atoms with Crippen molar-refractivity contribution >= 4 is 44.0 Å². The van der Waals surface area contributed by atoms with Crippen LogP contribution in [0.1, 0.15) is 38.5 Å². The Balaban J connectivity index is 1.69. The molecule has 1 aromatic rings. The summed E-state index contributed by atoms with van der Waals surface area (Å²) in [5, 5.41) is 8.05. The summed E-state index contributed by atoms with van der Waals surface area (Å²) in [5.41, 5.74) is 5.56. The summed E-state index contributed by atoms with van der Waals surface area (Å²) >= 11 is 2.59. The summed E-state index contributed by atoms with van der Waals surface area (Å²) < 4.78 is 24.4. The van der Waals surface area contributed by atoms with Gasteiger partial charge in [-0.05, 0) is 19.3 Å². The lowest BCUT2D eigenvalue weighted by Gasteiger charge is -2.38. The number of carbonyl (C=O) groups is 1. The van der Waals surface area contributed by atoms with Gasteiger partial charge < -0.3 is 10.6 Å². The molecule has 1 saturated carbocycles. The van der Waals surface area contributed by atoms with E-state index in [1.807, 2.05) is 4.90 Å². The minimum Gasteiger partial charge on any atom is -0.374 e. The van der Waals surface area contributed by atoms with Crippen LogP contribution in [0, 0.1) is 0 Å². The molecule has 2 heterocycles. The van der Waals surface area contributed by atoms with Crippen LogP contribution in [-0.4, -0.2) is 58.8 Å². The molecule has 2 fully saturated rings. The number of hydrogen-bond acceptors (Lipinski definition) is 8. The first kappa shape index (κ1) is 17.9. The summed E-state index contributed by atoms with van der Waals surface area (Å²) in [5.74, 6) is 0.546. The van der Waals surface area contributed by atoms with Crippen molar-refractivity contribution in [2.75, 3.05) is 23.0 Å². The molecule has 0 spiro atoms. The lowest BCUT2D eigenvalue weighted by molar-refractivity contribution is -0.133.